The van der Waals surface area contributed by atoms with Crippen molar-refractivity contribution in [1.29, 1.82) is 0 Å². The summed E-state index contributed by atoms with van der Waals surface area (Å²) in [5.41, 5.74) is -0.0434. The highest BCUT2D eigenvalue weighted by molar-refractivity contribution is 5.87. The van der Waals surface area contributed by atoms with E-state index >= 15 is 0 Å². The van der Waals surface area contributed by atoms with Gasteiger partial charge in [0, 0.05) is 13.1 Å². The fraction of sp³-hybridized carbons (Fsp3) is 0.571. The molecule has 1 saturated heterocycles. The van der Waals surface area contributed by atoms with E-state index in [0.717, 1.165) is 12.0 Å². The molecule has 6 nitrogen and oxygen atoms in total. The van der Waals surface area contributed by atoms with Crippen LogP contribution in [0.15, 0.2) is 24.3 Å². The topological polar surface area (TPSA) is 72.9 Å². The van der Waals surface area contributed by atoms with E-state index in [4.69, 9.17) is 9.47 Å². The van der Waals surface area contributed by atoms with Crippen LogP contribution >= 0.6 is 0 Å². The Morgan fingerprint density at radius 1 is 1.11 bits per heavy atom. The van der Waals surface area contributed by atoms with E-state index in [2.05, 4.69) is 0 Å². The molecule has 152 valence electrons. The van der Waals surface area contributed by atoms with Gasteiger partial charge in [0.1, 0.15) is 5.82 Å². The first-order valence-corrected chi connectivity index (χ1v) is 9.84. The van der Waals surface area contributed by atoms with Crippen LogP contribution in [0.1, 0.15) is 44.6 Å². The minimum absolute atomic E-state index is 0.178. The largest absolute Gasteiger partial charge is 0.466 e. The minimum Gasteiger partial charge on any atom is -0.466 e. The van der Waals surface area contributed by atoms with Crippen molar-refractivity contribution in [2.24, 2.45) is 5.92 Å². The van der Waals surface area contributed by atoms with E-state index in [1.165, 1.54) is 12.1 Å². The highest BCUT2D eigenvalue weighted by atomic mass is 19.1. The number of esters is 2. The van der Waals surface area contributed by atoms with Crippen molar-refractivity contribution in [3.8, 4) is 0 Å². The average Bonchev–Trinajstić information content (AvgIpc) is 2.67. The van der Waals surface area contributed by atoms with E-state index in [1.807, 2.05) is 0 Å². The van der Waals surface area contributed by atoms with Crippen molar-refractivity contribution < 1.29 is 28.2 Å². The predicted octanol–water partition coefficient (Wildman–Crippen LogP) is 2.59. The molecule has 2 aliphatic rings. The molecule has 0 atom stereocenters. The van der Waals surface area contributed by atoms with E-state index in [0.29, 0.717) is 45.4 Å². The number of amides is 1. The van der Waals surface area contributed by atoms with E-state index in [9.17, 15) is 18.8 Å². The van der Waals surface area contributed by atoms with Gasteiger partial charge in [-0.05, 0) is 50.3 Å². The Labute approximate surface area is 164 Å². The average molecular weight is 391 g/mol. The Morgan fingerprint density at radius 3 is 2.29 bits per heavy atom. The van der Waals surface area contributed by atoms with Crippen molar-refractivity contribution in [3.63, 3.8) is 0 Å². The maximum atomic E-state index is 13.2. The first kappa shape index (κ1) is 20.3. The Balaban J connectivity index is 1.51. The summed E-state index contributed by atoms with van der Waals surface area (Å²) in [6.07, 6.45) is 3.27. The summed E-state index contributed by atoms with van der Waals surface area (Å²) in [5, 5.41) is 0. The molecular formula is C21H26FNO5. The highest BCUT2D eigenvalue weighted by Gasteiger charge is 2.47. The summed E-state index contributed by atoms with van der Waals surface area (Å²) in [7, 11) is 0. The van der Waals surface area contributed by atoms with Crippen molar-refractivity contribution in [2.75, 3.05) is 26.3 Å². The summed E-state index contributed by atoms with van der Waals surface area (Å²) in [6, 6.07) is 5.89. The number of carbonyl (C=O) groups excluding carboxylic acids is 3. The molecule has 3 rings (SSSR count). The number of hydrogen-bond acceptors (Lipinski definition) is 5. The molecule has 1 heterocycles. The maximum absolute atomic E-state index is 13.2. The lowest BCUT2D eigenvalue weighted by molar-refractivity contribution is -0.161. The van der Waals surface area contributed by atoms with Gasteiger partial charge in [-0.15, -0.1) is 0 Å². The molecule has 1 aliphatic heterocycles. The van der Waals surface area contributed by atoms with Crippen LogP contribution in [-0.2, 0) is 29.3 Å². The van der Waals surface area contributed by atoms with Crippen LogP contribution in [0, 0.1) is 11.7 Å². The number of hydrogen-bond donors (Lipinski definition) is 0. The van der Waals surface area contributed by atoms with Gasteiger partial charge in [-0.2, -0.15) is 0 Å². The molecule has 1 amide bonds. The lowest BCUT2D eigenvalue weighted by Gasteiger charge is -2.39. The zero-order valence-electron chi connectivity index (χ0n) is 16.1. The molecule has 2 fully saturated rings. The van der Waals surface area contributed by atoms with Crippen LogP contribution in [0.25, 0.3) is 0 Å². The van der Waals surface area contributed by atoms with E-state index in [1.54, 1.807) is 24.0 Å². The molecule has 28 heavy (non-hydrogen) atoms. The third-order valence-corrected chi connectivity index (χ3v) is 5.79. The third kappa shape index (κ3) is 4.18. The molecule has 1 aromatic carbocycles. The number of likely N-dealkylation sites (tertiary alicyclic amines) is 1. The summed E-state index contributed by atoms with van der Waals surface area (Å²) < 4.78 is 23.6. The van der Waals surface area contributed by atoms with Crippen molar-refractivity contribution in [3.05, 3.63) is 35.6 Å². The fourth-order valence-electron chi connectivity index (χ4n) is 3.89. The zero-order chi connectivity index (χ0) is 20.1. The van der Waals surface area contributed by atoms with Gasteiger partial charge in [0.2, 0.25) is 0 Å². The molecule has 1 aromatic rings. The Bertz CT molecular complexity index is 721. The smallest absolute Gasteiger partial charge is 0.317 e. The van der Waals surface area contributed by atoms with Gasteiger partial charge in [0.15, 0.2) is 6.61 Å². The molecule has 0 spiro atoms. The maximum Gasteiger partial charge on any atom is 0.317 e. The normalized spacial score (nSPS) is 18.9. The van der Waals surface area contributed by atoms with E-state index in [-0.39, 0.29) is 30.2 Å². The minimum atomic E-state index is -0.773. The lowest BCUT2D eigenvalue weighted by Crippen LogP contribution is -2.46. The number of carbonyl (C=O) groups is 3. The van der Waals surface area contributed by atoms with Crippen LogP contribution in [0.4, 0.5) is 4.39 Å². The lowest BCUT2D eigenvalue weighted by atomic mass is 9.64. The van der Waals surface area contributed by atoms with Crippen LogP contribution in [-0.4, -0.2) is 49.0 Å². The van der Waals surface area contributed by atoms with E-state index < -0.39 is 11.4 Å². The first-order chi connectivity index (χ1) is 13.5. The molecule has 0 bridgehead atoms. The first-order valence-electron chi connectivity index (χ1n) is 9.84. The summed E-state index contributed by atoms with van der Waals surface area (Å²) >= 11 is 0. The van der Waals surface area contributed by atoms with Gasteiger partial charge in [-0.3, -0.25) is 14.4 Å². The summed E-state index contributed by atoms with van der Waals surface area (Å²) in [6.45, 7) is 2.70. The molecule has 0 radical (unpaired) electrons. The van der Waals surface area contributed by atoms with Gasteiger partial charge >= 0.3 is 11.9 Å². The van der Waals surface area contributed by atoms with Crippen LogP contribution in [0.2, 0.25) is 0 Å². The van der Waals surface area contributed by atoms with Gasteiger partial charge in [0.25, 0.3) is 5.91 Å². The second-order valence-electron chi connectivity index (χ2n) is 7.43. The van der Waals surface area contributed by atoms with Gasteiger partial charge in [-0.25, -0.2) is 4.39 Å². The molecule has 7 heteroatoms. The molecule has 1 saturated carbocycles. The highest BCUT2D eigenvalue weighted by Crippen LogP contribution is 2.44. The Hall–Kier alpha value is -2.44. The number of ether oxygens (including phenoxy) is 2. The second-order valence-corrected chi connectivity index (χ2v) is 7.43. The number of piperidine rings is 1. The monoisotopic (exact) mass is 391 g/mol. The van der Waals surface area contributed by atoms with Crippen molar-refractivity contribution in [1.82, 2.24) is 4.90 Å². The molecular weight excluding hydrogens is 365 g/mol. The Kier molecular flexibility index (Phi) is 6.31. The molecule has 0 aromatic heterocycles. The standard InChI is InChI=1S/C21H26FNO5/c1-2-27-19(25)15-8-12-23(13-9-15)18(24)14-28-20(26)21(10-3-11-21)16-4-6-17(22)7-5-16/h4-7,15H,2-3,8-14H2,1H3. The second kappa shape index (κ2) is 8.71. The number of benzene rings is 1. The SMILES string of the molecule is CCOC(=O)C1CCN(C(=O)COC(=O)C2(c3ccc(F)cc3)CCC2)CC1. The summed E-state index contributed by atoms with van der Waals surface area (Å²) in [5.74, 6) is -1.44. The number of rotatable bonds is 6. The molecule has 0 unspecified atom stereocenters. The quantitative estimate of drug-likeness (QED) is 0.697. The zero-order valence-corrected chi connectivity index (χ0v) is 16.1. The van der Waals surface area contributed by atoms with Crippen molar-refractivity contribution >= 4 is 17.8 Å². The molecule has 0 N–H and O–H groups in total. The van der Waals surface area contributed by atoms with Gasteiger partial charge in [0.05, 0.1) is 17.9 Å². The number of nitrogens with zero attached hydrogens (tertiary/aromatic N) is 1. The fourth-order valence-corrected chi connectivity index (χ4v) is 3.89. The van der Waals surface area contributed by atoms with Crippen LogP contribution < -0.4 is 0 Å². The third-order valence-electron chi connectivity index (χ3n) is 5.79. The van der Waals surface area contributed by atoms with Crippen molar-refractivity contribution in [2.45, 2.75) is 44.4 Å². The van der Waals surface area contributed by atoms with Gasteiger partial charge < -0.3 is 14.4 Å². The van der Waals surface area contributed by atoms with Crippen LogP contribution in [0.3, 0.4) is 0 Å². The predicted molar refractivity (Wildman–Crippen MR) is 98.8 cm³/mol. The number of halogens is 1. The molecule has 1 aliphatic carbocycles. The summed E-state index contributed by atoms with van der Waals surface area (Å²) in [4.78, 5) is 38.5. The van der Waals surface area contributed by atoms with Crippen LogP contribution in [0.5, 0.6) is 0 Å². The van der Waals surface area contributed by atoms with Gasteiger partial charge in [-0.1, -0.05) is 18.6 Å². The Morgan fingerprint density at radius 2 is 1.75 bits per heavy atom.